The predicted molar refractivity (Wildman–Crippen MR) is 63.5 cm³/mol. The van der Waals surface area contributed by atoms with Crippen molar-refractivity contribution in [3.63, 3.8) is 0 Å². The van der Waals surface area contributed by atoms with E-state index in [1.807, 2.05) is 0 Å². The van der Waals surface area contributed by atoms with Crippen molar-refractivity contribution >= 4 is 11.5 Å². The average molecular weight is 247 g/mol. The molecule has 0 aromatic carbocycles. The van der Waals surface area contributed by atoms with Crippen LogP contribution in [0, 0.1) is 5.92 Å². The fraction of sp³-hybridized carbons (Fsp3) is 0.417. The quantitative estimate of drug-likeness (QED) is 0.828. The molecular weight excluding hydrogens is 234 g/mol. The molecule has 0 spiro atoms. The van der Waals surface area contributed by atoms with Gasteiger partial charge in [0, 0.05) is 12.1 Å². The van der Waals surface area contributed by atoms with E-state index >= 15 is 0 Å². The second kappa shape index (κ2) is 3.97. The summed E-state index contributed by atoms with van der Waals surface area (Å²) in [6.07, 6.45) is 3.95. The van der Waals surface area contributed by atoms with Crippen molar-refractivity contribution in [2.45, 2.75) is 25.2 Å². The Morgan fingerprint density at radius 1 is 1.50 bits per heavy atom. The molecule has 2 heterocycles. The number of hydrogen-bond donors (Lipinski definition) is 2. The highest BCUT2D eigenvalue weighted by Crippen LogP contribution is 2.37. The zero-order valence-corrected chi connectivity index (χ0v) is 9.67. The molecule has 0 aliphatic heterocycles. The van der Waals surface area contributed by atoms with E-state index in [1.165, 1.54) is 4.52 Å². The number of nitrogens with one attached hydrogen (secondary N) is 1. The first-order chi connectivity index (χ1) is 8.66. The zero-order valence-electron chi connectivity index (χ0n) is 9.67. The molecule has 1 fully saturated rings. The molecule has 2 aromatic rings. The molecule has 6 nitrogen and oxygen atoms in total. The summed E-state index contributed by atoms with van der Waals surface area (Å²) in [4.78, 5) is 25.7. The zero-order chi connectivity index (χ0) is 12.7. The summed E-state index contributed by atoms with van der Waals surface area (Å²) in [6.45, 7) is 0. The molecule has 1 saturated carbocycles. The van der Waals surface area contributed by atoms with Gasteiger partial charge in [0.15, 0.2) is 0 Å². The summed E-state index contributed by atoms with van der Waals surface area (Å²) in [5, 5.41) is 13.5. The van der Waals surface area contributed by atoms with Gasteiger partial charge in [-0.05, 0) is 25.0 Å². The normalized spacial score (nSPS) is 23.6. The second-order valence-electron chi connectivity index (χ2n) is 4.66. The van der Waals surface area contributed by atoms with Gasteiger partial charge >= 0.3 is 5.97 Å². The Balaban J connectivity index is 2.08. The molecule has 0 amide bonds. The van der Waals surface area contributed by atoms with E-state index in [0.29, 0.717) is 17.8 Å². The van der Waals surface area contributed by atoms with E-state index in [2.05, 4.69) is 10.1 Å². The average Bonchev–Trinajstić information content (AvgIpc) is 2.97. The van der Waals surface area contributed by atoms with Crippen LogP contribution in [0.4, 0.5) is 0 Å². The largest absolute Gasteiger partial charge is 0.481 e. The Morgan fingerprint density at radius 3 is 3.11 bits per heavy atom. The lowest BCUT2D eigenvalue weighted by atomic mass is 9.95. The van der Waals surface area contributed by atoms with Gasteiger partial charge in [-0.3, -0.25) is 9.59 Å². The van der Waals surface area contributed by atoms with Gasteiger partial charge in [0.25, 0.3) is 5.56 Å². The van der Waals surface area contributed by atoms with E-state index < -0.39 is 11.9 Å². The molecule has 0 radical (unpaired) electrons. The van der Waals surface area contributed by atoms with Crippen molar-refractivity contribution in [2.75, 3.05) is 0 Å². The first kappa shape index (κ1) is 11.0. The SMILES string of the molecule is O=C(O)C1CCCC1c1nn2cccc2c(=O)[nH]1. The number of carboxylic acids is 1. The molecule has 94 valence electrons. The van der Waals surface area contributed by atoms with Crippen molar-refractivity contribution in [2.24, 2.45) is 5.92 Å². The van der Waals surface area contributed by atoms with E-state index in [9.17, 15) is 9.59 Å². The van der Waals surface area contributed by atoms with Crippen LogP contribution in [0.1, 0.15) is 31.0 Å². The third-order valence-corrected chi connectivity index (χ3v) is 3.60. The van der Waals surface area contributed by atoms with Crippen LogP contribution in [-0.4, -0.2) is 25.7 Å². The Labute approximate surface area is 102 Å². The third-order valence-electron chi connectivity index (χ3n) is 3.60. The molecular formula is C12H13N3O3. The second-order valence-corrected chi connectivity index (χ2v) is 4.66. The van der Waals surface area contributed by atoms with Crippen molar-refractivity contribution in [1.29, 1.82) is 0 Å². The highest BCUT2D eigenvalue weighted by Gasteiger charge is 2.35. The number of carboxylic acid groups (broad SMARTS) is 1. The summed E-state index contributed by atoms with van der Waals surface area (Å²) in [5.41, 5.74) is 0.254. The molecule has 2 atom stereocenters. The number of hydrogen-bond acceptors (Lipinski definition) is 3. The van der Waals surface area contributed by atoms with Crippen LogP contribution >= 0.6 is 0 Å². The van der Waals surface area contributed by atoms with Crippen molar-refractivity contribution < 1.29 is 9.90 Å². The summed E-state index contributed by atoms with van der Waals surface area (Å²) in [6, 6.07) is 3.42. The number of rotatable bonds is 2. The fourth-order valence-electron chi connectivity index (χ4n) is 2.71. The Morgan fingerprint density at radius 2 is 2.33 bits per heavy atom. The van der Waals surface area contributed by atoms with Crippen LogP contribution in [0.25, 0.3) is 5.52 Å². The minimum atomic E-state index is -0.812. The lowest BCUT2D eigenvalue weighted by Gasteiger charge is -2.14. The topological polar surface area (TPSA) is 87.5 Å². The molecule has 18 heavy (non-hydrogen) atoms. The standard InChI is InChI=1S/C12H13N3O3/c16-11-9-5-2-6-15(9)14-10(13-11)7-3-1-4-8(7)12(17)18/h2,5-8H,1,3-4H2,(H,17,18)(H,13,14,16). The smallest absolute Gasteiger partial charge is 0.307 e. The van der Waals surface area contributed by atoms with Crippen LogP contribution in [0.5, 0.6) is 0 Å². The van der Waals surface area contributed by atoms with Crippen LogP contribution in [-0.2, 0) is 4.79 Å². The van der Waals surface area contributed by atoms with Crippen LogP contribution in [0.2, 0.25) is 0 Å². The number of aromatic amines is 1. The van der Waals surface area contributed by atoms with E-state index in [-0.39, 0.29) is 11.5 Å². The summed E-state index contributed by atoms with van der Waals surface area (Å²) < 4.78 is 1.51. The van der Waals surface area contributed by atoms with Gasteiger partial charge in [-0.25, -0.2) is 4.52 Å². The molecule has 0 saturated heterocycles. The molecule has 2 unspecified atom stereocenters. The lowest BCUT2D eigenvalue weighted by Crippen LogP contribution is -2.23. The molecule has 1 aliphatic rings. The van der Waals surface area contributed by atoms with Gasteiger partial charge in [0.2, 0.25) is 0 Å². The predicted octanol–water partition coefficient (Wildman–Crippen LogP) is 0.991. The van der Waals surface area contributed by atoms with E-state index in [4.69, 9.17) is 5.11 Å². The highest BCUT2D eigenvalue weighted by atomic mass is 16.4. The van der Waals surface area contributed by atoms with Gasteiger partial charge in [0.05, 0.1) is 5.92 Å². The number of aliphatic carboxylic acids is 1. The van der Waals surface area contributed by atoms with Gasteiger partial charge in [-0.15, -0.1) is 0 Å². The first-order valence-corrected chi connectivity index (χ1v) is 5.97. The number of aromatic nitrogens is 3. The third kappa shape index (κ3) is 1.61. The first-order valence-electron chi connectivity index (χ1n) is 5.97. The summed E-state index contributed by atoms with van der Waals surface area (Å²) in [5.74, 6) is -0.968. The van der Waals surface area contributed by atoms with Gasteiger partial charge < -0.3 is 10.1 Å². The minimum absolute atomic E-state index is 0.193. The van der Waals surface area contributed by atoms with E-state index in [0.717, 1.165) is 12.8 Å². The fourth-order valence-corrected chi connectivity index (χ4v) is 2.71. The maximum absolute atomic E-state index is 11.8. The molecule has 3 rings (SSSR count). The number of carbonyl (C=O) groups is 1. The van der Waals surface area contributed by atoms with Crippen LogP contribution in [0.15, 0.2) is 23.1 Å². The number of H-pyrrole nitrogens is 1. The van der Waals surface area contributed by atoms with Crippen molar-refractivity contribution in [1.82, 2.24) is 14.6 Å². The molecule has 6 heteroatoms. The minimum Gasteiger partial charge on any atom is -0.481 e. The molecule has 0 bridgehead atoms. The lowest BCUT2D eigenvalue weighted by molar-refractivity contribution is -0.142. The number of nitrogens with zero attached hydrogens (tertiary/aromatic N) is 2. The van der Waals surface area contributed by atoms with Crippen molar-refractivity contribution in [3.05, 3.63) is 34.5 Å². The Bertz CT molecular complexity index is 658. The van der Waals surface area contributed by atoms with Crippen LogP contribution < -0.4 is 5.56 Å². The van der Waals surface area contributed by atoms with Crippen molar-refractivity contribution in [3.8, 4) is 0 Å². The number of fused-ring (bicyclic) bond motifs is 1. The Hall–Kier alpha value is -2.11. The van der Waals surface area contributed by atoms with Crippen LogP contribution in [0.3, 0.4) is 0 Å². The highest BCUT2D eigenvalue weighted by molar-refractivity contribution is 5.71. The van der Waals surface area contributed by atoms with E-state index in [1.54, 1.807) is 18.3 Å². The van der Waals surface area contributed by atoms with Gasteiger partial charge in [0.1, 0.15) is 11.3 Å². The van der Waals surface area contributed by atoms with Gasteiger partial charge in [-0.1, -0.05) is 6.42 Å². The molecule has 2 N–H and O–H groups in total. The van der Waals surface area contributed by atoms with Gasteiger partial charge in [-0.2, -0.15) is 5.10 Å². The Kier molecular flexibility index (Phi) is 2.43. The monoisotopic (exact) mass is 247 g/mol. The molecule has 1 aliphatic carbocycles. The summed E-state index contributed by atoms with van der Waals surface area (Å²) >= 11 is 0. The summed E-state index contributed by atoms with van der Waals surface area (Å²) in [7, 11) is 0. The maximum atomic E-state index is 11.8. The maximum Gasteiger partial charge on any atom is 0.307 e. The molecule has 2 aromatic heterocycles.